The molecule has 3 aliphatic rings. The monoisotopic (exact) mass is 388 g/mol. The Labute approximate surface area is 162 Å². The highest BCUT2D eigenvalue weighted by Gasteiger charge is 2.58. The van der Waals surface area contributed by atoms with Crippen molar-refractivity contribution in [3.63, 3.8) is 0 Å². The van der Waals surface area contributed by atoms with Crippen molar-refractivity contribution in [3.05, 3.63) is 18.0 Å². The van der Waals surface area contributed by atoms with Crippen LogP contribution < -0.4 is 5.32 Å². The molecule has 0 radical (unpaired) electrons. The summed E-state index contributed by atoms with van der Waals surface area (Å²) in [5.41, 5.74) is 1.71. The number of nitrogens with one attached hydrogen (secondary N) is 1. The molecule has 0 bridgehead atoms. The van der Waals surface area contributed by atoms with Gasteiger partial charge in [0.05, 0.1) is 6.20 Å². The number of rotatable bonds is 3. The van der Waals surface area contributed by atoms with Crippen LogP contribution >= 0.6 is 24.8 Å². The number of hydrogen-bond acceptors (Lipinski definition) is 3. The van der Waals surface area contributed by atoms with Crippen molar-refractivity contribution in [2.75, 3.05) is 26.2 Å². The Balaban J connectivity index is 0.00000113. The first-order valence-electron chi connectivity index (χ1n) is 9.24. The van der Waals surface area contributed by atoms with Crippen molar-refractivity contribution in [3.8, 4) is 0 Å². The average molecular weight is 389 g/mol. The second-order valence-electron chi connectivity index (χ2n) is 7.60. The van der Waals surface area contributed by atoms with Crippen molar-refractivity contribution >= 4 is 30.7 Å². The number of piperidine rings is 2. The van der Waals surface area contributed by atoms with Gasteiger partial charge in [0.25, 0.3) is 0 Å². The maximum atomic E-state index is 12.8. The molecule has 1 atom stereocenters. The fourth-order valence-electron chi connectivity index (χ4n) is 4.59. The molecule has 7 heteroatoms. The molecule has 25 heavy (non-hydrogen) atoms. The number of aryl methyl sites for hydroxylation is 1. The third-order valence-corrected chi connectivity index (χ3v) is 6.34. The van der Waals surface area contributed by atoms with E-state index >= 15 is 0 Å². The van der Waals surface area contributed by atoms with E-state index in [0.717, 1.165) is 52.0 Å². The predicted molar refractivity (Wildman–Crippen MR) is 104 cm³/mol. The van der Waals surface area contributed by atoms with Crippen LogP contribution in [0.25, 0.3) is 0 Å². The van der Waals surface area contributed by atoms with Crippen molar-refractivity contribution in [1.82, 2.24) is 20.0 Å². The molecule has 1 spiro atoms. The maximum absolute atomic E-state index is 12.8. The molecular formula is C18H30Cl2N4O. The van der Waals surface area contributed by atoms with Gasteiger partial charge in [-0.15, -0.1) is 24.8 Å². The lowest BCUT2D eigenvalue weighted by Crippen LogP contribution is -2.40. The van der Waals surface area contributed by atoms with E-state index in [2.05, 4.69) is 28.4 Å². The molecule has 1 aromatic heterocycles. The molecule has 3 fully saturated rings. The van der Waals surface area contributed by atoms with Crippen molar-refractivity contribution in [2.24, 2.45) is 11.3 Å². The van der Waals surface area contributed by atoms with Crippen LogP contribution in [0, 0.1) is 11.3 Å². The van der Waals surface area contributed by atoms with E-state index in [-0.39, 0.29) is 24.8 Å². The Bertz CT molecular complexity index is 577. The summed E-state index contributed by atoms with van der Waals surface area (Å²) in [5.74, 6) is 1.34. The van der Waals surface area contributed by atoms with Gasteiger partial charge >= 0.3 is 0 Å². The molecule has 142 valence electrons. The van der Waals surface area contributed by atoms with Crippen molar-refractivity contribution < 1.29 is 4.79 Å². The smallest absolute Gasteiger partial charge is 0.226 e. The molecule has 1 unspecified atom stereocenters. The number of halogens is 2. The summed E-state index contributed by atoms with van der Waals surface area (Å²) < 4.78 is 2.00. The number of likely N-dealkylation sites (tertiary alicyclic amines) is 1. The first-order chi connectivity index (χ1) is 11.2. The second kappa shape index (κ2) is 8.28. The van der Waals surface area contributed by atoms with Gasteiger partial charge in [0.1, 0.15) is 0 Å². The van der Waals surface area contributed by atoms with Crippen LogP contribution in [0.4, 0.5) is 0 Å². The highest BCUT2D eigenvalue weighted by atomic mass is 35.5. The molecule has 1 saturated carbocycles. The normalized spacial score (nSPS) is 25.2. The summed E-state index contributed by atoms with van der Waals surface area (Å²) in [6.07, 6.45) is 9.87. The summed E-state index contributed by atoms with van der Waals surface area (Å²) in [6.45, 7) is 7.07. The molecule has 0 aromatic carbocycles. The standard InChI is InChI=1S/C18H28N4O.2ClH/c1-2-22-13-15(12-20-22)14-3-9-21(10-4-14)17(23)16-11-18(16)5-7-19-8-6-18;;/h12-14,16,19H,2-11H2,1H3;2*1H. The Morgan fingerprint density at radius 1 is 1.28 bits per heavy atom. The lowest BCUT2D eigenvalue weighted by molar-refractivity contribution is -0.134. The Kier molecular flexibility index (Phi) is 6.80. The van der Waals surface area contributed by atoms with E-state index in [1.807, 2.05) is 10.9 Å². The molecule has 3 heterocycles. The number of carbonyl (C=O) groups excluding carboxylic acids is 1. The predicted octanol–water partition coefficient (Wildman–Crippen LogP) is 2.84. The zero-order valence-corrected chi connectivity index (χ0v) is 16.6. The number of nitrogens with zero attached hydrogens (tertiary/aromatic N) is 3. The molecule has 2 saturated heterocycles. The Morgan fingerprint density at radius 2 is 1.96 bits per heavy atom. The number of carbonyl (C=O) groups is 1. The largest absolute Gasteiger partial charge is 0.342 e. The van der Waals surface area contributed by atoms with E-state index < -0.39 is 0 Å². The molecule has 1 aliphatic carbocycles. The highest BCUT2D eigenvalue weighted by molar-refractivity contribution is 5.85. The van der Waals surface area contributed by atoms with Crippen LogP contribution in [0.2, 0.25) is 0 Å². The van der Waals surface area contributed by atoms with Gasteiger partial charge in [0.15, 0.2) is 0 Å². The third kappa shape index (κ3) is 3.99. The van der Waals surface area contributed by atoms with Crippen LogP contribution in [-0.4, -0.2) is 46.8 Å². The second-order valence-corrected chi connectivity index (χ2v) is 7.60. The van der Waals surface area contributed by atoms with E-state index in [9.17, 15) is 4.79 Å². The lowest BCUT2D eigenvalue weighted by Gasteiger charge is -2.33. The van der Waals surface area contributed by atoms with Crippen LogP contribution in [0.1, 0.15) is 50.5 Å². The van der Waals surface area contributed by atoms with Gasteiger partial charge in [0.2, 0.25) is 5.91 Å². The van der Waals surface area contributed by atoms with Gasteiger partial charge in [0, 0.05) is 31.7 Å². The van der Waals surface area contributed by atoms with Gasteiger partial charge in [-0.05, 0) is 69.0 Å². The van der Waals surface area contributed by atoms with Gasteiger partial charge in [-0.2, -0.15) is 5.10 Å². The minimum absolute atomic E-state index is 0. The first kappa shape index (κ1) is 20.5. The minimum atomic E-state index is 0. The Hall–Kier alpha value is -0.780. The lowest BCUT2D eigenvalue weighted by atomic mass is 9.89. The van der Waals surface area contributed by atoms with Crippen molar-refractivity contribution in [1.29, 1.82) is 0 Å². The molecular weight excluding hydrogens is 359 g/mol. The summed E-state index contributed by atoms with van der Waals surface area (Å²) in [6, 6.07) is 0. The average Bonchev–Trinajstić information content (AvgIpc) is 3.08. The quantitative estimate of drug-likeness (QED) is 0.865. The molecule has 2 aliphatic heterocycles. The molecule has 1 amide bonds. The highest BCUT2D eigenvalue weighted by Crippen LogP contribution is 2.59. The van der Waals surface area contributed by atoms with Gasteiger partial charge < -0.3 is 10.2 Å². The number of aromatic nitrogens is 2. The zero-order valence-electron chi connectivity index (χ0n) is 14.9. The van der Waals surface area contributed by atoms with Crippen molar-refractivity contribution in [2.45, 2.75) is 51.5 Å². The third-order valence-electron chi connectivity index (χ3n) is 6.34. The molecule has 1 N–H and O–H groups in total. The van der Waals surface area contributed by atoms with Crippen LogP contribution in [0.15, 0.2) is 12.4 Å². The fraction of sp³-hybridized carbons (Fsp3) is 0.778. The fourth-order valence-corrected chi connectivity index (χ4v) is 4.59. The zero-order chi connectivity index (χ0) is 15.9. The van der Waals surface area contributed by atoms with E-state index in [1.165, 1.54) is 18.4 Å². The van der Waals surface area contributed by atoms with Crippen LogP contribution in [0.5, 0.6) is 0 Å². The summed E-state index contributed by atoms with van der Waals surface area (Å²) >= 11 is 0. The molecule has 4 rings (SSSR count). The van der Waals surface area contributed by atoms with Crippen LogP contribution in [0.3, 0.4) is 0 Å². The van der Waals surface area contributed by atoms with Gasteiger partial charge in [-0.3, -0.25) is 9.48 Å². The summed E-state index contributed by atoms with van der Waals surface area (Å²) in [4.78, 5) is 15.0. The minimum Gasteiger partial charge on any atom is -0.342 e. The summed E-state index contributed by atoms with van der Waals surface area (Å²) in [7, 11) is 0. The maximum Gasteiger partial charge on any atom is 0.226 e. The van der Waals surface area contributed by atoms with E-state index in [0.29, 0.717) is 23.2 Å². The topological polar surface area (TPSA) is 50.2 Å². The molecule has 5 nitrogen and oxygen atoms in total. The van der Waals surface area contributed by atoms with Gasteiger partial charge in [-0.25, -0.2) is 0 Å². The summed E-state index contributed by atoms with van der Waals surface area (Å²) in [5, 5.41) is 7.81. The van der Waals surface area contributed by atoms with E-state index in [4.69, 9.17) is 0 Å². The number of amides is 1. The first-order valence-corrected chi connectivity index (χ1v) is 9.24. The Morgan fingerprint density at radius 3 is 2.56 bits per heavy atom. The molecule has 1 aromatic rings. The number of hydrogen-bond donors (Lipinski definition) is 1. The SMILES string of the molecule is CCn1cc(C2CCN(C(=O)C3CC34CCNCC4)CC2)cn1.Cl.Cl. The van der Waals surface area contributed by atoms with E-state index in [1.54, 1.807) is 0 Å². The van der Waals surface area contributed by atoms with Gasteiger partial charge in [-0.1, -0.05) is 0 Å². The van der Waals surface area contributed by atoms with Crippen LogP contribution in [-0.2, 0) is 11.3 Å².